The average molecular weight is 530 g/mol. The summed E-state index contributed by atoms with van der Waals surface area (Å²) in [5, 5.41) is 3.15. The molecule has 0 radical (unpaired) electrons. The van der Waals surface area contributed by atoms with Gasteiger partial charge in [-0.25, -0.2) is 22.5 Å². The van der Waals surface area contributed by atoms with Crippen molar-refractivity contribution < 1.29 is 17.4 Å². The highest BCUT2D eigenvalue weighted by Crippen LogP contribution is 2.38. The molecule has 2 N–H and O–H groups in total. The molecule has 2 aliphatic heterocycles. The van der Waals surface area contributed by atoms with Crippen LogP contribution in [0, 0.1) is 5.82 Å². The summed E-state index contributed by atoms with van der Waals surface area (Å²) in [5.74, 6) is 1.09. The van der Waals surface area contributed by atoms with E-state index >= 15 is 0 Å². The lowest BCUT2D eigenvalue weighted by Gasteiger charge is -2.42. The molecule has 5 rings (SSSR count). The number of halogens is 1. The minimum absolute atomic E-state index is 0.320. The molecule has 0 bridgehead atoms. The van der Waals surface area contributed by atoms with Crippen molar-refractivity contribution in [3.63, 3.8) is 0 Å². The lowest BCUT2D eigenvalue weighted by Crippen LogP contribution is -2.49. The SMILES string of the molecule is CS(=O)(=O)NCC1(c2ccccc2)CCN(c2nc3c(c(Nc4cccc(F)c4)n2)[S+]([O-])CC3)CC1. The Morgan fingerprint density at radius 3 is 2.56 bits per heavy atom. The van der Waals surface area contributed by atoms with Gasteiger partial charge >= 0.3 is 0 Å². The normalized spacial score (nSPS) is 19.2. The van der Waals surface area contributed by atoms with Crippen molar-refractivity contribution in [2.75, 3.05) is 41.9 Å². The smallest absolute Gasteiger partial charge is 0.227 e. The van der Waals surface area contributed by atoms with Crippen LogP contribution in [0.15, 0.2) is 59.5 Å². The van der Waals surface area contributed by atoms with Crippen LogP contribution < -0.4 is 14.9 Å². The number of piperidine rings is 1. The summed E-state index contributed by atoms with van der Waals surface area (Å²) in [6.07, 6.45) is 3.18. The van der Waals surface area contributed by atoms with Gasteiger partial charge in [0.05, 0.1) is 6.26 Å². The van der Waals surface area contributed by atoms with Crippen molar-refractivity contribution in [2.45, 2.75) is 29.6 Å². The maximum atomic E-state index is 13.8. The number of hydrogen-bond acceptors (Lipinski definition) is 7. The Hall–Kier alpha value is -2.73. The standard InChI is InChI=1S/C25H28FN5O3S2/c1-36(33,34)27-17-25(18-6-3-2-4-7-18)11-13-31(14-12-25)24-29-21-10-15-35(32)22(21)23(30-24)28-20-9-5-8-19(26)16-20/h2-9,16,27H,10-15,17H2,1H3,(H,28,29,30). The molecule has 0 aliphatic carbocycles. The molecule has 1 aromatic heterocycles. The highest BCUT2D eigenvalue weighted by Gasteiger charge is 2.39. The number of aryl methyl sites for hydroxylation is 1. The molecule has 11 heteroatoms. The van der Waals surface area contributed by atoms with E-state index < -0.39 is 21.2 Å². The molecule has 8 nitrogen and oxygen atoms in total. The van der Waals surface area contributed by atoms with Crippen LogP contribution in [-0.4, -0.2) is 54.6 Å². The second-order valence-electron chi connectivity index (χ2n) is 9.31. The third kappa shape index (κ3) is 5.34. The Balaban J connectivity index is 1.42. The second kappa shape index (κ2) is 9.97. The summed E-state index contributed by atoms with van der Waals surface area (Å²) in [6, 6.07) is 16.1. The zero-order chi connectivity index (χ0) is 25.3. The van der Waals surface area contributed by atoms with Gasteiger partial charge in [-0.05, 0) is 47.8 Å². The molecule has 0 amide bonds. The summed E-state index contributed by atoms with van der Waals surface area (Å²) in [6.45, 7) is 1.57. The Kier molecular flexibility index (Phi) is 6.90. The lowest BCUT2D eigenvalue weighted by molar-refractivity contribution is 0.328. The summed E-state index contributed by atoms with van der Waals surface area (Å²) in [7, 11) is -3.34. The molecule has 0 saturated carbocycles. The number of benzene rings is 2. The number of nitrogens with zero attached hydrogens (tertiary/aromatic N) is 3. The van der Waals surface area contributed by atoms with Gasteiger partial charge in [0.25, 0.3) is 0 Å². The van der Waals surface area contributed by atoms with Crippen molar-refractivity contribution in [1.82, 2.24) is 14.7 Å². The van der Waals surface area contributed by atoms with Gasteiger partial charge in [0.1, 0.15) is 17.3 Å². The number of rotatable bonds is 7. The summed E-state index contributed by atoms with van der Waals surface area (Å²) in [4.78, 5) is 12.1. The molecule has 0 spiro atoms. The van der Waals surface area contributed by atoms with E-state index in [1.807, 2.05) is 30.3 Å². The van der Waals surface area contributed by atoms with E-state index in [2.05, 4.69) is 14.9 Å². The van der Waals surface area contributed by atoms with Crippen LogP contribution in [0.3, 0.4) is 0 Å². The number of aromatic nitrogens is 2. The van der Waals surface area contributed by atoms with Crippen molar-refractivity contribution in [3.05, 3.63) is 71.7 Å². The monoisotopic (exact) mass is 529 g/mol. The van der Waals surface area contributed by atoms with E-state index in [0.717, 1.165) is 11.3 Å². The summed E-state index contributed by atoms with van der Waals surface area (Å²) < 4.78 is 52.9. The van der Waals surface area contributed by atoms with Crippen molar-refractivity contribution in [2.24, 2.45) is 0 Å². The van der Waals surface area contributed by atoms with Crippen LogP contribution in [0.2, 0.25) is 0 Å². The molecule has 36 heavy (non-hydrogen) atoms. The highest BCUT2D eigenvalue weighted by molar-refractivity contribution is 7.91. The molecule has 190 valence electrons. The minimum Gasteiger partial charge on any atom is -0.611 e. The Morgan fingerprint density at radius 2 is 1.86 bits per heavy atom. The van der Waals surface area contributed by atoms with E-state index in [-0.39, 0.29) is 11.2 Å². The third-order valence-corrected chi connectivity index (χ3v) is 8.95. The van der Waals surface area contributed by atoms with E-state index in [9.17, 15) is 17.4 Å². The summed E-state index contributed by atoms with van der Waals surface area (Å²) in [5.41, 5.74) is 2.02. The molecule has 3 aromatic rings. The van der Waals surface area contributed by atoms with Crippen molar-refractivity contribution in [1.29, 1.82) is 0 Å². The van der Waals surface area contributed by atoms with Crippen LogP contribution >= 0.6 is 0 Å². The molecular formula is C25H28FN5O3S2. The van der Waals surface area contributed by atoms with Gasteiger partial charge in [0.2, 0.25) is 20.9 Å². The topological polar surface area (TPSA) is 110 Å². The van der Waals surface area contributed by atoms with Crippen LogP contribution in [0.25, 0.3) is 0 Å². The van der Waals surface area contributed by atoms with Crippen LogP contribution in [-0.2, 0) is 33.0 Å². The molecule has 2 aromatic carbocycles. The fourth-order valence-electron chi connectivity index (χ4n) is 4.88. The first-order valence-corrected chi connectivity index (χ1v) is 15.0. The van der Waals surface area contributed by atoms with Gasteiger partial charge in [-0.15, -0.1) is 0 Å². The van der Waals surface area contributed by atoms with Crippen molar-refractivity contribution in [3.8, 4) is 0 Å². The molecule has 1 unspecified atom stereocenters. The molecule has 2 aliphatic rings. The van der Waals surface area contributed by atoms with Crippen LogP contribution in [0.1, 0.15) is 24.1 Å². The highest BCUT2D eigenvalue weighted by atomic mass is 32.2. The fourth-order valence-corrected chi connectivity index (χ4v) is 6.72. The van der Waals surface area contributed by atoms with Gasteiger partial charge in [-0.1, -0.05) is 36.4 Å². The number of fused-ring (bicyclic) bond motifs is 1. The predicted molar refractivity (Wildman–Crippen MR) is 139 cm³/mol. The van der Waals surface area contributed by atoms with Crippen LogP contribution in [0.4, 0.5) is 21.8 Å². The van der Waals surface area contributed by atoms with Gasteiger partial charge in [0.15, 0.2) is 5.82 Å². The third-order valence-electron chi connectivity index (χ3n) is 6.83. The van der Waals surface area contributed by atoms with Crippen molar-refractivity contribution >= 4 is 38.7 Å². The number of sulfonamides is 1. The largest absolute Gasteiger partial charge is 0.611 e. The van der Waals surface area contributed by atoms with Gasteiger partial charge in [0, 0.05) is 37.2 Å². The predicted octanol–water partition coefficient (Wildman–Crippen LogP) is 3.11. The van der Waals surface area contributed by atoms with Crippen LogP contribution in [0.5, 0.6) is 0 Å². The lowest BCUT2D eigenvalue weighted by atomic mass is 9.73. The Labute approximate surface area is 213 Å². The maximum Gasteiger partial charge on any atom is 0.227 e. The van der Waals surface area contributed by atoms with E-state index in [1.54, 1.807) is 12.1 Å². The summed E-state index contributed by atoms with van der Waals surface area (Å²) >= 11 is -1.22. The number of anilines is 3. The minimum atomic E-state index is -3.34. The first-order valence-electron chi connectivity index (χ1n) is 11.8. The zero-order valence-corrected chi connectivity index (χ0v) is 21.5. The fraction of sp³-hybridized carbons (Fsp3) is 0.360. The van der Waals surface area contributed by atoms with E-state index in [1.165, 1.54) is 18.4 Å². The molecule has 1 atom stereocenters. The number of hydrogen-bond donors (Lipinski definition) is 2. The second-order valence-corrected chi connectivity index (χ2v) is 12.7. The van der Waals surface area contributed by atoms with Gasteiger partial charge in [-0.2, -0.15) is 4.98 Å². The quantitative estimate of drug-likeness (QED) is 0.453. The first kappa shape index (κ1) is 24.9. The number of nitrogens with one attached hydrogen (secondary N) is 2. The Morgan fingerprint density at radius 1 is 1.11 bits per heavy atom. The zero-order valence-electron chi connectivity index (χ0n) is 19.9. The first-order chi connectivity index (χ1) is 17.2. The van der Waals surface area contributed by atoms with E-state index in [0.29, 0.717) is 67.0 Å². The molecular weight excluding hydrogens is 501 g/mol. The van der Waals surface area contributed by atoms with Gasteiger partial charge < -0.3 is 14.8 Å². The van der Waals surface area contributed by atoms with E-state index in [4.69, 9.17) is 9.97 Å². The molecule has 3 heterocycles. The molecule has 1 saturated heterocycles. The molecule has 1 fully saturated rings. The maximum absolute atomic E-state index is 13.8. The average Bonchev–Trinajstić information content (AvgIpc) is 3.24. The van der Waals surface area contributed by atoms with Gasteiger partial charge in [-0.3, -0.25) is 0 Å². The Bertz CT molecular complexity index is 1350.